The van der Waals surface area contributed by atoms with Crippen molar-refractivity contribution in [3.8, 4) is 11.4 Å². The molecule has 2 amide bonds. The van der Waals surface area contributed by atoms with Gasteiger partial charge >= 0.3 is 0 Å². The van der Waals surface area contributed by atoms with E-state index in [0.29, 0.717) is 24.0 Å². The van der Waals surface area contributed by atoms with Gasteiger partial charge in [0.25, 0.3) is 0 Å². The number of carbonyl (C=O) groups excluding carboxylic acids is 2. The van der Waals surface area contributed by atoms with E-state index in [1.807, 2.05) is 31.2 Å². The summed E-state index contributed by atoms with van der Waals surface area (Å²) in [5.41, 5.74) is 1.48. The summed E-state index contributed by atoms with van der Waals surface area (Å²) in [6.07, 6.45) is 0.151. The quantitative estimate of drug-likeness (QED) is 0.605. The van der Waals surface area contributed by atoms with Crippen molar-refractivity contribution < 1.29 is 14.3 Å². The number of amides is 2. The van der Waals surface area contributed by atoms with Gasteiger partial charge in [0.1, 0.15) is 5.75 Å². The number of hydrogen-bond acceptors (Lipinski definition) is 6. The van der Waals surface area contributed by atoms with Crippen molar-refractivity contribution >= 4 is 29.1 Å². The van der Waals surface area contributed by atoms with Crippen LogP contribution in [0.5, 0.6) is 5.75 Å². The molecule has 10 heteroatoms. The minimum Gasteiger partial charge on any atom is -0.494 e. The number of halogens is 1. The number of anilines is 1. The lowest BCUT2D eigenvalue weighted by atomic mass is 10.1. The summed E-state index contributed by atoms with van der Waals surface area (Å²) in [7, 11) is 0. The maximum absolute atomic E-state index is 12.7. The first-order valence-corrected chi connectivity index (χ1v) is 10.3. The summed E-state index contributed by atoms with van der Waals surface area (Å²) in [6, 6.07) is 14.3. The number of carbonyl (C=O) groups is 2. The summed E-state index contributed by atoms with van der Waals surface area (Å²) in [5, 5.41) is 15.1. The first kappa shape index (κ1) is 20.8. The van der Waals surface area contributed by atoms with Crippen molar-refractivity contribution in [2.75, 3.05) is 18.1 Å². The van der Waals surface area contributed by atoms with E-state index >= 15 is 0 Å². The summed E-state index contributed by atoms with van der Waals surface area (Å²) < 4.78 is 6.99. The minimum atomic E-state index is -0.446. The second kappa shape index (κ2) is 9.13. The van der Waals surface area contributed by atoms with E-state index in [1.165, 1.54) is 0 Å². The normalized spacial score (nSPS) is 15.9. The molecule has 31 heavy (non-hydrogen) atoms. The van der Waals surface area contributed by atoms with Crippen molar-refractivity contribution in [1.82, 2.24) is 25.5 Å². The Bertz CT molecular complexity index is 1070. The minimum absolute atomic E-state index is 0.0957. The number of benzene rings is 2. The molecule has 2 aromatic carbocycles. The van der Waals surface area contributed by atoms with Crippen molar-refractivity contribution in [2.24, 2.45) is 5.92 Å². The van der Waals surface area contributed by atoms with Crippen LogP contribution in [0.4, 0.5) is 5.69 Å². The highest BCUT2D eigenvalue weighted by molar-refractivity contribution is 6.30. The summed E-state index contributed by atoms with van der Waals surface area (Å²) in [5.74, 6) is 0.479. The molecule has 3 aromatic rings. The van der Waals surface area contributed by atoms with Gasteiger partial charge in [-0.15, -0.1) is 5.10 Å². The predicted octanol–water partition coefficient (Wildman–Crippen LogP) is 2.38. The first-order valence-electron chi connectivity index (χ1n) is 9.89. The van der Waals surface area contributed by atoms with Crippen LogP contribution in [0.3, 0.4) is 0 Å². The van der Waals surface area contributed by atoms with Gasteiger partial charge in [-0.05, 0) is 65.9 Å². The molecule has 1 atom stereocenters. The Morgan fingerprint density at radius 1 is 1.16 bits per heavy atom. The standard InChI is InChI=1S/C21H21ClN6O3/c1-2-31-18-9-7-17(8-10-18)28-19(24-25-26-28)12-23-21(30)14-11-20(29)27(13-14)16-5-3-15(22)4-6-16/h3-10,14H,2,11-13H2,1H3,(H,23,30). The van der Waals surface area contributed by atoms with Crippen molar-refractivity contribution in [1.29, 1.82) is 0 Å². The summed E-state index contributed by atoms with van der Waals surface area (Å²) in [4.78, 5) is 26.7. The Labute approximate surface area is 183 Å². The molecule has 9 nitrogen and oxygen atoms in total. The molecule has 0 bridgehead atoms. The van der Waals surface area contributed by atoms with E-state index in [1.54, 1.807) is 33.8 Å². The maximum atomic E-state index is 12.7. The SMILES string of the molecule is CCOc1ccc(-n2nnnc2CNC(=O)C2CC(=O)N(c3ccc(Cl)cc3)C2)cc1. The lowest BCUT2D eigenvalue weighted by molar-refractivity contribution is -0.126. The molecule has 1 saturated heterocycles. The number of rotatable bonds is 7. The Hall–Kier alpha value is -3.46. The van der Waals surface area contributed by atoms with Gasteiger partial charge in [0.05, 0.1) is 24.8 Å². The van der Waals surface area contributed by atoms with E-state index in [4.69, 9.17) is 16.3 Å². The zero-order valence-corrected chi connectivity index (χ0v) is 17.6. The van der Waals surface area contributed by atoms with E-state index in [9.17, 15) is 9.59 Å². The number of aromatic nitrogens is 4. The van der Waals surface area contributed by atoms with Crippen LogP contribution in [0.15, 0.2) is 48.5 Å². The Balaban J connectivity index is 1.38. The maximum Gasteiger partial charge on any atom is 0.227 e. The van der Waals surface area contributed by atoms with Gasteiger partial charge in [-0.1, -0.05) is 11.6 Å². The van der Waals surface area contributed by atoms with E-state index in [-0.39, 0.29) is 24.8 Å². The largest absolute Gasteiger partial charge is 0.494 e. The lowest BCUT2D eigenvalue weighted by Crippen LogP contribution is -2.33. The fourth-order valence-corrected chi connectivity index (χ4v) is 3.56. The third-order valence-corrected chi connectivity index (χ3v) is 5.23. The summed E-state index contributed by atoms with van der Waals surface area (Å²) >= 11 is 5.91. The van der Waals surface area contributed by atoms with Crippen LogP contribution in [0.25, 0.3) is 5.69 Å². The van der Waals surface area contributed by atoms with Crippen molar-refractivity contribution in [3.05, 3.63) is 59.4 Å². The van der Waals surface area contributed by atoms with Crippen molar-refractivity contribution in [3.63, 3.8) is 0 Å². The van der Waals surface area contributed by atoms with E-state index < -0.39 is 5.92 Å². The molecule has 1 N–H and O–H groups in total. The first-order chi connectivity index (χ1) is 15.0. The number of nitrogens with one attached hydrogen (secondary N) is 1. The third kappa shape index (κ3) is 4.66. The van der Waals surface area contributed by atoms with Crippen LogP contribution in [0.2, 0.25) is 5.02 Å². The van der Waals surface area contributed by atoms with E-state index in [0.717, 1.165) is 17.1 Å². The lowest BCUT2D eigenvalue weighted by Gasteiger charge is -2.16. The number of ether oxygens (including phenoxy) is 1. The second-order valence-electron chi connectivity index (χ2n) is 7.03. The monoisotopic (exact) mass is 440 g/mol. The number of hydrogen-bond donors (Lipinski definition) is 1. The average Bonchev–Trinajstić information content (AvgIpc) is 3.40. The van der Waals surface area contributed by atoms with Gasteiger partial charge in [0.15, 0.2) is 5.82 Å². The van der Waals surface area contributed by atoms with Crippen LogP contribution in [0, 0.1) is 5.92 Å². The van der Waals surface area contributed by atoms with Crippen LogP contribution in [-0.2, 0) is 16.1 Å². The fourth-order valence-electron chi connectivity index (χ4n) is 3.43. The zero-order valence-electron chi connectivity index (χ0n) is 16.9. The molecule has 0 saturated carbocycles. The molecule has 160 valence electrons. The van der Waals surface area contributed by atoms with Gasteiger partial charge in [0.2, 0.25) is 11.8 Å². The number of nitrogens with zero attached hydrogens (tertiary/aromatic N) is 5. The second-order valence-corrected chi connectivity index (χ2v) is 7.47. The molecule has 4 rings (SSSR count). The van der Waals surface area contributed by atoms with Gasteiger partial charge < -0.3 is 15.0 Å². The zero-order chi connectivity index (χ0) is 21.8. The van der Waals surface area contributed by atoms with Crippen LogP contribution >= 0.6 is 11.6 Å². The highest BCUT2D eigenvalue weighted by Crippen LogP contribution is 2.26. The molecule has 0 aliphatic carbocycles. The van der Waals surface area contributed by atoms with Gasteiger partial charge in [-0.3, -0.25) is 9.59 Å². The topological polar surface area (TPSA) is 102 Å². The Morgan fingerprint density at radius 3 is 2.58 bits per heavy atom. The fraction of sp³-hybridized carbons (Fsp3) is 0.286. The smallest absolute Gasteiger partial charge is 0.227 e. The molecule has 1 fully saturated rings. The molecule has 2 heterocycles. The molecular weight excluding hydrogens is 420 g/mol. The molecule has 1 aliphatic rings. The van der Waals surface area contributed by atoms with Crippen molar-refractivity contribution in [2.45, 2.75) is 19.9 Å². The molecule has 0 spiro atoms. The molecule has 1 aliphatic heterocycles. The highest BCUT2D eigenvalue weighted by atomic mass is 35.5. The Kier molecular flexibility index (Phi) is 6.13. The highest BCUT2D eigenvalue weighted by Gasteiger charge is 2.35. The molecule has 1 unspecified atom stereocenters. The van der Waals surface area contributed by atoms with E-state index in [2.05, 4.69) is 20.8 Å². The van der Waals surface area contributed by atoms with Crippen LogP contribution < -0.4 is 15.0 Å². The molecular formula is C21H21ClN6O3. The predicted molar refractivity (Wildman–Crippen MR) is 114 cm³/mol. The van der Waals surface area contributed by atoms with Gasteiger partial charge in [-0.25, -0.2) is 0 Å². The molecule has 1 aromatic heterocycles. The number of tetrazole rings is 1. The van der Waals surface area contributed by atoms with Gasteiger partial charge in [0, 0.05) is 23.7 Å². The van der Waals surface area contributed by atoms with Crippen LogP contribution in [-0.4, -0.2) is 45.2 Å². The molecule has 0 radical (unpaired) electrons. The van der Waals surface area contributed by atoms with Gasteiger partial charge in [-0.2, -0.15) is 4.68 Å². The Morgan fingerprint density at radius 2 is 1.87 bits per heavy atom. The average molecular weight is 441 g/mol. The van der Waals surface area contributed by atoms with Crippen LogP contribution in [0.1, 0.15) is 19.2 Å². The third-order valence-electron chi connectivity index (χ3n) is 4.98. The summed E-state index contributed by atoms with van der Waals surface area (Å²) in [6.45, 7) is 2.96.